The van der Waals surface area contributed by atoms with E-state index in [4.69, 9.17) is 33.7 Å². The highest BCUT2D eigenvalue weighted by Crippen LogP contribution is 2.27. The number of rotatable bonds is 8. The van der Waals surface area contributed by atoms with Crippen LogP contribution in [0.5, 0.6) is 5.75 Å². The van der Waals surface area contributed by atoms with Crippen molar-refractivity contribution in [3.05, 3.63) is 64.4 Å². The quantitative estimate of drug-likeness (QED) is 0.294. The molecule has 9 nitrogen and oxygen atoms in total. The molecule has 1 heterocycles. The number of nitrogens with zero attached hydrogens (tertiary/aromatic N) is 2. The van der Waals surface area contributed by atoms with Crippen LogP contribution in [0.15, 0.2) is 48.8 Å². The lowest BCUT2D eigenvalue weighted by Gasteiger charge is -2.14. The average Bonchev–Trinajstić information content (AvgIpc) is 2.74. The van der Waals surface area contributed by atoms with Gasteiger partial charge < -0.3 is 15.8 Å². The van der Waals surface area contributed by atoms with Crippen LogP contribution in [0.3, 0.4) is 0 Å². The molecular formula is C20H18Cl2N6O3. The number of Topliss-reactive ketones (excluding diaryl/α,β-unsaturated/α-hetero) is 1. The SMILES string of the molecule is CC(=O)c1ccc(Nc2ncnc(NNC(=O)COc3ccc(Cl)cc3Cl)c2N)cc1. The van der Waals surface area contributed by atoms with E-state index in [0.717, 1.165) is 0 Å². The van der Waals surface area contributed by atoms with Gasteiger partial charge in [-0.1, -0.05) is 23.2 Å². The van der Waals surface area contributed by atoms with E-state index in [1.165, 1.54) is 19.3 Å². The Labute approximate surface area is 187 Å². The monoisotopic (exact) mass is 460 g/mol. The van der Waals surface area contributed by atoms with Crippen LogP contribution < -0.4 is 26.6 Å². The number of aromatic nitrogens is 2. The molecule has 0 saturated heterocycles. The van der Waals surface area contributed by atoms with Crippen molar-refractivity contribution in [2.75, 3.05) is 23.1 Å². The maximum atomic E-state index is 12.0. The minimum Gasteiger partial charge on any atom is -0.482 e. The molecule has 0 aliphatic heterocycles. The first kappa shape index (κ1) is 22.1. The van der Waals surface area contributed by atoms with Gasteiger partial charge in [-0.15, -0.1) is 0 Å². The summed E-state index contributed by atoms with van der Waals surface area (Å²) in [5.41, 5.74) is 12.6. The predicted molar refractivity (Wildman–Crippen MR) is 120 cm³/mol. The molecule has 0 bridgehead atoms. The van der Waals surface area contributed by atoms with Gasteiger partial charge in [0.25, 0.3) is 5.91 Å². The summed E-state index contributed by atoms with van der Waals surface area (Å²) in [7, 11) is 0. The van der Waals surface area contributed by atoms with E-state index in [0.29, 0.717) is 32.9 Å². The average molecular weight is 461 g/mol. The van der Waals surface area contributed by atoms with Crippen molar-refractivity contribution in [1.82, 2.24) is 15.4 Å². The largest absolute Gasteiger partial charge is 0.482 e. The van der Waals surface area contributed by atoms with E-state index in [-0.39, 0.29) is 23.9 Å². The van der Waals surface area contributed by atoms with Gasteiger partial charge in [-0.05, 0) is 49.4 Å². The first-order valence-electron chi connectivity index (χ1n) is 8.94. The normalized spacial score (nSPS) is 10.3. The molecule has 160 valence electrons. The molecule has 0 saturated carbocycles. The molecule has 0 spiro atoms. The van der Waals surface area contributed by atoms with Gasteiger partial charge in [0.15, 0.2) is 24.0 Å². The van der Waals surface area contributed by atoms with Crippen molar-refractivity contribution in [3.63, 3.8) is 0 Å². The lowest BCUT2D eigenvalue weighted by molar-refractivity contribution is -0.122. The third kappa shape index (κ3) is 5.97. The fourth-order valence-corrected chi connectivity index (χ4v) is 2.88. The highest BCUT2D eigenvalue weighted by molar-refractivity contribution is 6.35. The summed E-state index contributed by atoms with van der Waals surface area (Å²) in [4.78, 5) is 31.5. The van der Waals surface area contributed by atoms with Crippen molar-refractivity contribution in [1.29, 1.82) is 0 Å². The Hall–Kier alpha value is -3.56. The van der Waals surface area contributed by atoms with Gasteiger partial charge in [-0.25, -0.2) is 9.97 Å². The Morgan fingerprint density at radius 2 is 1.77 bits per heavy atom. The number of ether oxygens (including phenoxy) is 1. The van der Waals surface area contributed by atoms with Crippen LogP contribution in [0.25, 0.3) is 0 Å². The van der Waals surface area contributed by atoms with E-state index in [1.807, 2.05) is 0 Å². The number of hydrogen-bond acceptors (Lipinski definition) is 8. The van der Waals surface area contributed by atoms with Crippen LogP contribution in [0.2, 0.25) is 10.0 Å². The number of hydrazine groups is 1. The molecule has 0 aliphatic rings. The van der Waals surface area contributed by atoms with Crippen molar-refractivity contribution in [2.24, 2.45) is 0 Å². The molecule has 5 N–H and O–H groups in total. The minimum atomic E-state index is -0.488. The molecule has 31 heavy (non-hydrogen) atoms. The maximum Gasteiger partial charge on any atom is 0.276 e. The molecule has 0 atom stereocenters. The fraction of sp³-hybridized carbons (Fsp3) is 0.100. The Kier molecular flexibility index (Phi) is 7.11. The first-order chi connectivity index (χ1) is 14.8. The Morgan fingerprint density at radius 1 is 1.06 bits per heavy atom. The molecule has 0 unspecified atom stereocenters. The lowest BCUT2D eigenvalue weighted by Crippen LogP contribution is -2.34. The molecule has 1 aromatic heterocycles. The summed E-state index contributed by atoms with van der Waals surface area (Å²) in [5.74, 6) is 0.322. The van der Waals surface area contributed by atoms with Gasteiger partial charge in [-0.2, -0.15) is 0 Å². The number of carbonyl (C=O) groups is 2. The zero-order valence-electron chi connectivity index (χ0n) is 16.3. The van der Waals surface area contributed by atoms with E-state index in [2.05, 4.69) is 26.1 Å². The summed E-state index contributed by atoms with van der Waals surface area (Å²) in [5, 5.41) is 3.79. The number of nitrogen functional groups attached to an aromatic ring is 1. The zero-order valence-corrected chi connectivity index (χ0v) is 17.8. The van der Waals surface area contributed by atoms with Crippen LogP contribution in [0.4, 0.5) is 23.0 Å². The molecule has 1 amide bonds. The van der Waals surface area contributed by atoms with Crippen molar-refractivity contribution in [3.8, 4) is 5.75 Å². The van der Waals surface area contributed by atoms with Crippen LogP contribution in [-0.4, -0.2) is 28.3 Å². The van der Waals surface area contributed by atoms with Gasteiger partial charge in [0.2, 0.25) is 0 Å². The lowest BCUT2D eigenvalue weighted by atomic mass is 10.1. The van der Waals surface area contributed by atoms with Gasteiger partial charge in [0, 0.05) is 16.3 Å². The maximum absolute atomic E-state index is 12.0. The fourth-order valence-electron chi connectivity index (χ4n) is 2.42. The topological polar surface area (TPSA) is 131 Å². The van der Waals surface area contributed by atoms with Crippen molar-refractivity contribution in [2.45, 2.75) is 6.92 Å². The minimum absolute atomic E-state index is 0.0300. The summed E-state index contributed by atoms with van der Waals surface area (Å²) >= 11 is 11.8. The van der Waals surface area contributed by atoms with Crippen LogP contribution in [-0.2, 0) is 4.79 Å². The number of ketones is 1. The number of halogens is 2. The van der Waals surface area contributed by atoms with Crippen molar-refractivity contribution < 1.29 is 14.3 Å². The number of amides is 1. The van der Waals surface area contributed by atoms with Crippen LogP contribution in [0.1, 0.15) is 17.3 Å². The smallest absolute Gasteiger partial charge is 0.276 e. The Bertz CT molecular complexity index is 1110. The first-order valence-corrected chi connectivity index (χ1v) is 9.70. The Morgan fingerprint density at radius 3 is 2.45 bits per heavy atom. The van der Waals surface area contributed by atoms with Gasteiger partial charge >= 0.3 is 0 Å². The van der Waals surface area contributed by atoms with Crippen LogP contribution in [0, 0.1) is 0 Å². The second-order valence-electron chi connectivity index (χ2n) is 6.28. The number of nitrogens with one attached hydrogen (secondary N) is 3. The third-order valence-corrected chi connectivity index (χ3v) is 4.54. The second kappa shape index (κ2) is 9.96. The van der Waals surface area contributed by atoms with Gasteiger partial charge in [-0.3, -0.25) is 20.4 Å². The number of carbonyl (C=O) groups excluding carboxylic acids is 2. The molecular weight excluding hydrogens is 443 g/mol. The van der Waals surface area contributed by atoms with Crippen molar-refractivity contribution >= 4 is 57.9 Å². The molecule has 0 radical (unpaired) electrons. The van der Waals surface area contributed by atoms with E-state index < -0.39 is 5.91 Å². The number of hydrogen-bond donors (Lipinski definition) is 4. The van der Waals surface area contributed by atoms with E-state index in [9.17, 15) is 9.59 Å². The molecule has 11 heteroatoms. The molecule has 0 fully saturated rings. The van der Waals surface area contributed by atoms with Gasteiger partial charge in [0.1, 0.15) is 17.8 Å². The van der Waals surface area contributed by atoms with E-state index >= 15 is 0 Å². The van der Waals surface area contributed by atoms with Crippen LogP contribution >= 0.6 is 23.2 Å². The summed E-state index contributed by atoms with van der Waals surface area (Å²) in [6, 6.07) is 11.5. The van der Waals surface area contributed by atoms with Gasteiger partial charge in [0.05, 0.1) is 5.02 Å². The molecule has 3 aromatic rings. The second-order valence-corrected chi connectivity index (χ2v) is 7.12. The molecule has 0 aliphatic carbocycles. The third-order valence-electron chi connectivity index (χ3n) is 4.01. The number of nitrogens with two attached hydrogens (primary N) is 1. The zero-order chi connectivity index (χ0) is 22.4. The summed E-state index contributed by atoms with van der Waals surface area (Å²) < 4.78 is 5.36. The highest BCUT2D eigenvalue weighted by Gasteiger charge is 2.11. The highest BCUT2D eigenvalue weighted by atomic mass is 35.5. The standard InChI is InChI=1S/C20H18Cl2N6O3/c1-11(29)12-2-5-14(6-3-12)26-19-18(23)20(25-10-24-19)28-27-17(30)9-31-16-7-4-13(21)8-15(16)22/h2-8,10H,9,23H2,1H3,(H,27,30)(H2,24,25,26,28). The summed E-state index contributed by atoms with van der Waals surface area (Å²) in [6.45, 7) is 1.19. The predicted octanol–water partition coefficient (Wildman–Crippen LogP) is 3.83. The molecule has 3 rings (SSSR count). The summed E-state index contributed by atoms with van der Waals surface area (Å²) in [6.07, 6.45) is 1.28. The van der Waals surface area contributed by atoms with E-state index in [1.54, 1.807) is 36.4 Å². The molecule has 2 aromatic carbocycles. The Balaban J connectivity index is 1.58. The number of benzene rings is 2. The number of anilines is 4.